The van der Waals surface area contributed by atoms with Crippen molar-refractivity contribution in [2.45, 2.75) is 6.10 Å². The summed E-state index contributed by atoms with van der Waals surface area (Å²) in [4.78, 5) is 0. The van der Waals surface area contributed by atoms with Crippen LogP contribution in [0, 0.1) is 0 Å². The topological polar surface area (TPSA) is 18.5 Å². The predicted octanol–water partition coefficient (Wildman–Crippen LogP) is 3.45. The van der Waals surface area contributed by atoms with Gasteiger partial charge in [-0.15, -0.1) is 0 Å². The van der Waals surface area contributed by atoms with E-state index in [1.807, 2.05) is 60.7 Å². The van der Waals surface area contributed by atoms with Crippen molar-refractivity contribution in [1.29, 1.82) is 0 Å². The molecule has 0 fully saturated rings. The van der Waals surface area contributed by atoms with Gasteiger partial charge in [0.1, 0.15) is 18.5 Å². The standard InChI is InChI=1S/C15H16O2/c1-16-15(13-8-4-2-5-9-13)12-17-14-10-6-3-7-11-14/h2-11,15H,12H2,1H3. The lowest BCUT2D eigenvalue weighted by Gasteiger charge is -2.16. The van der Waals surface area contributed by atoms with E-state index in [0.717, 1.165) is 11.3 Å². The molecule has 2 heteroatoms. The third kappa shape index (κ3) is 3.33. The molecule has 2 aromatic rings. The smallest absolute Gasteiger partial charge is 0.119 e. The molecule has 0 aliphatic rings. The quantitative estimate of drug-likeness (QED) is 0.780. The summed E-state index contributed by atoms with van der Waals surface area (Å²) in [5.41, 5.74) is 1.13. The van der Waals surface area contributed by atoms with Crippen LogP contribution < -0.4 is 4.74 Å². The van der Waals surface area contributed by atoms with Crippen LogP contribution >= 0.6 is 0 Å². The van der Waals surface area contributed by atoms with Crippen molar-refractivity contribution >= 4 is 0 Å². The van der Waals surface area contributed by atoms with Crippen LogP contribution in [0.15, 0.2) is 60.7 Å². The highest BCUT2D eigenvalue weighted by atomic mass is 16.5. The van der Waals surface area contributed by atoms with Crippen molar-refractivity contribution < 1.29 is 9.47 Å². The molecular formula is C15H16O2. The van der Waals surface area contributed by atoms with Gasteiger partial charge in [0.05, 0.1) is 0 Å². The number of benzene rings is 2. The average molecular weight is 228 g/mol. The Morgan fingerprint density at radius 3 is 2.06 bits per heavy atom. The summed E-state index contributed by atoms with van der Waals surface area (Å²) in [5.74, 6) is 0.866. The molecule has 2 rings (SSSR count). The van der Waals surface area contributed by atoms with Gasteiger partial charge >= 0.3 is 0 Å². The zero-order valence-corrected chi connectivity index (χ0v) is 9.87. The first-order valence-electron chi connectivity index (χ1n) is 5.66. The van der Waals surface area contributed by atoms with Crippen LogP contribution in [0.25, 0.3) is 0 Å². The van der Waals surface area contributed by atoms with E-state index >= 15 is 0 Å². The normalized spacial score (nSPS) is 12.1. The van der Waals surface area contributed by atoms with Gasteiger partial charge < -0.3 is 9.47 Å². The first-order valence-corrected chi connectivity index (χ1v) is 5.66. The highest BCUT2D eigenvalue weighted by Crippen LogP contribution is 2.18. The molecule has 1 unspecified atom stereocenters. The van der Waals surface area contributed by atoms with Crippen molar-refractivity contribution in [3.05, 3.63) is 66.2 Å². The number of hydrogen-bond acceptors (Lipinski definition) is 2. The molecule has 2 nitrogen and oxygen atoms in total. The number of hydrogen-bond donors (Lipinski definition) is 0. The molecule has 0 spiro atoms. The summed E-state index contributed by atoms with van der Waals surface area (Å²) in [6, 6.07) is 19.9. The Labute approximate surface area is 102 Å². The zero-order chi connectivity index (χ0) is 11.9. The maximum atomic E-state index is 5.69. The van der Waals surface area contributed by atoms with Crippen molar-refractivity contribution in [2.75, 3.05) is 13.7 Å². The molecule has 0 heterocycles. The minimum absolute atomic E-state index is 0.0311. The van der Waals surface area contributed by atoms with Crippen LogP contribution in [0.4, 0.5) is 0 Å². The van der Waals surface area contributed by atoms with Crippen molar-refractivity contribution in [2.24, 2.45) is 0 Å². The molecule has 0 aliphatic carbocycles. The molecule has 88 valence electrons. The van der Waals surface area contributed by atoms with E-state index in [0.29, 0.717) is 6.61 Å². The lowest BCUT2D eigenvalue weighted by atomic mass is 10.1. The van der Waals surface area contributed by atoms with Gasteiger partial charge in [0, 0.05) is 7.11 Å². The number of para-hydroxylation sites is 1. The van der Waals surface area contributed by atoms with Crippen LogP contribution in [0.2, 0.25) is 0 Å². The molecule has 0 N–H and O–H groups in total. The van der Waals surface area contributed by atoms with Crippen LogP contribution in [0.1, 0.15) is 11.7 Å². The molecular weight excluding hydrogens is 212 g/mol. The van der Waals surface area contributed by atoms with Gasteiger partial charge in [-0.3, -0.25) is 0 Å². The summed E-state index contributed by atoms with van der Waals surface area (Å²) in [7, 11) is 1.70. The van der Waals surface area contributed by atoms with Gasteiger partial charge in [0.2, 0.25) is 0 Å². The first kappa shape index (κ1) is 11.7. The largest absolute Gasteiger partial charge is 0.491 e. The van der Waals surface area contributed by atoms with Gasteiger partial charge in [-0.25, -0.2) is 0 Å². The van der Waals surface area contributed by atoms with Crippen LogP contribution in [0.5, 0.6) is 5.75 Å². The van der Waals surface area contributed by atoms with Gasteiger partial charge in [-0.1, -0.05) is 48.5 Å². The Hall–Kier alpha value is -1.80. The van der Waals surface area contributed by atoms with Crippen molar-refractivity contribution in [1.82, 2.24) is 0 Å². The van der Waals surface area contributed by atoms with E-state index in [1.165, 1.54) is 0 Å². The molecule has 0 aliphatic heterocycles. The lowest BCUT2D eigenvalue weighted by molar-refractivity contribution is 0.0576. The average Bonchev–Trinajstić information content (AvgIpc) is 2.42. The van der Waals surface area contributed by atoms with Crippen LogP contribution in [-0.2, 0) is 4.74 Å². The van der Waals surface area contributed by atoms with E-state index in [2.05, 4.69) is 0 Å². The maximum absolute atomic E-state index is 5.69. The van der Waals surface area contributed by atoms with E-state index in [9.17, 15) is 0 Å². The third-order valence-corrected chi connectivity index (χ3v) is 2.60. The van der Waals surface area contributed by atoms with E-state index in [-0.39, 0.29) is 6.10 Å². The lowest BCUT2D eigenvalue weighted by Crippen LogP contribution is -2.12. The van der Waals surface area contributed by atoms with Crippen LogP contribution in [-0.4, -0.2) is 13.7 Å². The molecule has 0 saturated carbocycles. The maximum Gasteiger partial charge on any atom is 0.119 e. The van der Waals surface area contributed by atoms with Gasteiger partial charge in [-0.2, -0.15) is 0 Å². The van der Waals surface area contributed by atoms with Crippen LogP contribution in [0.3, 0.4) is 0 Å². The molecule has 0 amide bonds. The van der Waals surface area contributed by atoms with Crippen molar-refractivity contribution in [3.63, 3.8) is 0 Å². The highest BCUT2D eigenvalue weighted by Gasteiger charge is 2.10. The summed E-state index contributed by atoms with van der Waals surface area (Å²) in [6.07, 6.45) is -0.0311. The van der Waals surface area contributed by atoms with Crippen molar-refractivity contribution in [3.8, 4) is 5.75 Å². The third-order valence-electron chi connectivity index (χ3n) is 2.60. The Morgan fingerprint density at radius 1 is 0.882 bits per heavy atom. The molecule has 1 atom stereocenters. The van der Waals surface area contributed by atoms with Gasteiger partial charge in [0.25, 0.3) is 0 Å². The Morgan fingerprint density at radius 2 is 1.47 bits per heavy atom. The molecule has 0 radical (unpaired) electrons. The van der Waals surface area contributed by atoms with E-state index < -0.39 is 0 Å². The van der Waals surface area contributed by atoms with E-state index in [4.69, 9.17) is 9.47 Å². The molecule has 0 bridgehead atoms. The summed E-state index contributed by atoms with van der Waals surface area (Å²) < 4.78 is 11.1. The molecule has 17 heavy (non-hydrogen) atoms. The fourth-order valence-corrected chi connectivity index (χ4v) is 1.66. The Balaban J connectivity index is 1.97. The Bertz CT molecular complexity index is 425. The summed E-state index contributed by atoms with van der Waals surface area (Å²) in [5, 5.41) is 0. The van der Waals surface area contributed by atoms with E-state index in [1.54, 1.807) is 7.11 Å². The Kier molecular flexibility index (Phi) is 4.17. The second-order valence-electron chi connectivity index (χ2n) is 3.76. The number of ether oxygens (including phenoxy) is 2. The first-order chi connectivity index (χ1) is 8.40. The predicted molar refractivity (Wildman–Crippen MR) is 68.1 cm³/mol. The molecule has 2 aromatic carbocycles. The molecule has 0 aromatic heterocycles. The fourth-order valence-electron chi connectivity index (χ4n) is 1.66. The monoisotopic (exact) mass is 228 g/mol. The SMILES string of the molecule is COC(COc1ccccc1)c1ccccc1. The minimum Gasteiger partial charge on any atom is -0.491 e. The van der Waals surface area contributed by atoms with Gasteiger partial charge in [-0.05, 0) is 17.7 Å². The second-order valence-corrected chi connectivity index (χ2v) is 3.76. The molecule has 0 saturated heterocycles. The van der Waals surface area contributed by atoms with Gasteiger partial charge in [0.15, 0.2) is 0 Å². The summed E-state index contributed by atoms with van der Waals surface area (Å²) >= 11 is 0. The highest BCUT2D eigenvalue weighted by molar-refractivity contribution is 5.22. The number of rotatable bonds is 5. The number of methoxy groups -OCH3 is 1. The zero-order valence-electron chi connectivity index (χ0n) is 9.87. The summed E-state index contributed by atoms with van der Waals surface area (Å²) in [6.45, 7) is 0.518. The fraction of sp³-hybridized carbons (Fsp3) is 0.200. The minimum atomic E-state index is -0.0311. The second kappa shape index (κ2) is 6.06.